The highest BCUT2D eigenvalue weighted by Gasteiger charge is 2.11. The third-order valence-corrected chi connectivity index (χ3v) is 2.93. The van der Waals surface area contributed by atoms with Crippen molar-refractivity contribution in [3.63, 3.8) is 0 Å². The van der Waals surface area contributed by atoms with Gasteiger partial charge in [-0.3, -0.25) is 0 Å². The molecule has 0 saturated carbocycles. The Morgan fingerprint density at radius 1 is 1.29 bits per heavy atom. The molecule has 1 heterocycles. The Morgan fingerprint density at radius 3 is 2.81 bits per heavy atom. The van der Waals surface area contributed by atoms with Gasteiger partial charge in [0.05, 0.1) is 17.2 Å². The number of nitriles is 1. The van der Waals surface area contributed by atoms with Crippen molar-refractivity contribution < 1.29 is 4.74 Å². The average molecular weight is 282 g/mol. The van der Waals surface area contributed by atoms with Crippen LogP contribution in [0.5, 0.6) is 11.6 Å². The maximum Gasteiger partial charge on any atom is 0.227 e. The lowest BCUT2D eigenvalue weighted by atomic mass is 10.2. The number of aromatic nitrogens is 2. The summed E-state index contributed by atoms with van der Waals surface area (Å²) in [5.74, 6) is 2.54. The number of benzene rings is 1. The fraction of sp³-hybridized carbons (Fsp3) is 0.312. The highest BCUT2D eigenvalue weighted by molar-refractivity contribution is 5.50. The Kier molecular flexibility index (Phi) is 4.72. The first kappa shape index (κ1) is 14.8. The van der Waals surface area contributed by atoms with Gasteiger partial charge < -0.3 is 10.1 Å². The molecule has 0 radical (unpaired) electrons. The molecule has 1 aromatic heterocycles. The molecule has 0 aliphatic heterocycles. The molecule has 5 nitrogen and oxygen atoms in total. The van der Waals surface area contributed by atoms with E-state index in [9.17, 15) is 0 Å². The lowest BCUT2D eigenvalue weighted by molar-refractivity contribution is 0.456. The van der Waals surface area contributed by atoms with Gasteiger partial charge in [0.2, 0.25) is 5.88 Å². The highest BCUT2D eigenvalue weighted by atomic mass is 16.5. The van der Waals surface area contributed by atoms with Gasteiger partial charge in [-0.05, 0) is 38.5 Å². The van der Waals surface area contributed by atoms with Gasteiger partial charge in [0.25, 0.3) is 0 Å². The maximum absolute atomic E-state index is 8.93. The largest absolute Gasteiger partial charge is 0.439 e. The molecule has 0 spiro atoms. The van der Waals surface area contributed by atoms with Crippen LogP contribution >= 0.6 is 0 Å². The number of nitrogens with zero attached hydrogens (tertiary/aromatic N) is 3. The van der Waals surface area contributed by atoms with Crippen LogP contribution in [0.25, 0.3) is 0 Å². The first-order valence-corrected chi connectivity index (χ1v) is 6.91. The predicted octanol–water partition coefficient (Wildman–Crippen LogP) is 3.58. The molecule has 1 aromatic carbocycles. The van der Waals surface area contributed by atoms with Crippen LogP contribution in [0.15, 0.2) is 24.3 Å². The van der Waals surface area contributed by atoms with E-state index in [0.29, 0.717) is 23.0 Å². The normalized spacial score (nSPS) is 10.0. The van der Waals surface area contributed by atoms with E-state index in [1.807, 2.05) is 13.8 Å². The number of anilines is 1. The first-order valence-electron chi connectivity index (χ1n) is 6.91. The summed E-state index contributed by atoms with van der Waals surface area (Å²) in [6.07, 6.45) is 1.02. The summed E-state index contributed by atoms with van der Waals surface area (Å²) >= 11 is 0. The second kappa shape index (κ2) is 6.71. The minimum Gasteiger partial charge on any atom is -0.439 e. The van der Waals surface area contributed by atoms with Crippen LogP contribution in [0.1, 0.15) is 30.3 Å². The smallest absolute Gasteiger partial charge is 0.227 e. The predicted molar refractivity (Wildman–Crippen MR) is 81.5 cm³/mol. The maximum atomic E-state index is 8.93. The average Bonchev–Trinajstić information content (AvgIpc) is 2.49. The molecule has 21 heavy (non-hydrogen) atoms. The molecule has 0 unspecified atom stereocenters. The number of rotatable bonds is 5. The van der Waals surface area contributed by atoms with Crippen LogP contribution in [-0.2, 0) is 0 Å². The minimum atomic E-state index is 0.510. The van der Waals surface area contributed by atoms with Crippen LogP contribution in [0.2, 0.25) is 0 Å². The zero-order valence-electron chi connectivity index (χ0n) is 12.5. The van der Waals surface area contributed by atoms with Gasteiger partial charge in [0.15, 0.2) is 0 Å². The standard InChI is InChI=1S/C16H18N4O/c1-4-8-18-15-11(2)16(20-12(3)19-15)21-14-7-5-6-13(9-14)10-17/h5-7,9H,4,8H2,1-3H3,(H,18,19,20). The van der Waals surface area contributed by atoms with E-state index >= 15 is 0 Å². The quantitative estimate of drug-likeness (QED) is 0.907. The molecule has 0 amide bonds. The summed E-state index contributed by atoms with van der Waals surface area (Å²) in [6.45, 7) is 6.69. The Labute approximate surface area is 124 Å². The van der Waals surface area contributed by atoms with Crippen LogP contribution in [0.4, 0.5) is 5.82 Å². The van der Waals surface area contributed by atoms with Gasteiger partial charge in [-0.15, -0.1) is 0 Å². The summed E-state index contributed by atoms with van der Waals surface area (Å²) in [7, 11) is 0. The molecule has 0 aliphatic carbocycles. The lowest BCUT2D eigenvalue weighted by Crippen LogP contribution is -2.07. The zero-order valence-corrected chi connectivity index (χ0v) is 12.5. The van der Waals surface area contributed by atoms with Gasteiger partial charge >= 0.3 is 0 Å². The number of hydrogen-bond donors (Lipinski definition) is 1. The number of nitrogens with one attached hydrogen (secondary N) is 1. The Morgan fingerprint density at radius 2 is 2.10 bits per heavy atom. The first-order chi connectivity index (χ1) is 10.1. The van der Waals surface area contributed by atoms with E-state index in [4.69, 9.17) is 10.00 Å². The van der Waals surface area contributed by atoms with Crippen LogP contribution < -0.4 is 10.1 Å². The van der Waals surface area contributed by atoms with Crippen molar-refractivity contribution in [2.75, 3.05) is 11.9 Å². The molecular formula is C16H18N4O. The Balaban J connectivity index is 2.30. The Hall–Kier alpha value is -2.61. The van der Waals surface area contributed by atoms with E-state index in [2.05, 4.69) is 28.3 Å². The molecule has 2 aromatic rings. The molecule has 0 bridgehead atoms. The Bertz CT molecular complexity index is 676. The van der Waals surface area contributed by atoms with E-state index in [0.717, 1.165) is 24.3 Å². The van der Waals surface area contributed by atoms with Crippen molar-refractivity contribution in [2.24, 2.45) is 0 Å². The molecule has 1 N–H and O–H groups in total. The van der Waals surface area contributed by atoms with Crippen molar-refractivity contribution in [3.8, 4) is 17.7 Å². The molecule has 0 fully saturated rings. The third-order valence-electron chi connectivity index (χ3n) is 2.93. The highest BCUT2D eigenvalue weighted by Crippen LogP contribution is 2.27. The fourth-order valence-corrected chi connectivity index (χ4v) is 1.86. The van der Waals surface area contributed by atoms with Gasteiger partial charge in [-0.2, -0.15) is 10.2 Å². The summed E-state index contributed by atoms with van der Waals surface area (Å²) < 4.78 is 5.81. The van der Waals surface area contributed by atoms with Crippen molar-refractivity contribution >= 4 is 5.82 Å². The molecule has 108 valence electrons. The molecule has 5 heteroatoms. The minimum absolute atomic E-state index is 0.510. The van der Waals surface area contributed by atoms with E-state index in [1.165, 1.54) is 0 Å². The zero-order chi connectivity index (χ0) is 15.2. The summed E-state index contributed by atoms with van der Waals surface area (Å²) in [4.78, 5) is 8.73. The van der Waals surface area contributed by atoms with E-state index in [-0.39, 0.29) is 0 Å². The van der Waals surface area contributed by atoms with Crippen molar-refractivity contribution in [3.05, 3.63) is 41.2 Å². The summed E-state index contributed by atoms with van der Waals surface area (Å²) in [6, 6.07) is 9.11. The molecule has 0 atom stereocenters. The molecule has 0 aliphatic rings. The molecule has 0 saturated heterocycles. The topological polar surface area (TPSA) is 70.8 Å². The van der Waals surface area contributed by atoms with Crippen molar-refractivity contribution in [1.29, 1.82) is 5.26 Å². The van der Waals surface area contributed by atoms with E-state index in [1.54, 1.807) is 24.3 Å². The van der Waals surface area contributed by atoms with Gasteiger partial charge in [-0.1, -0.05) is 13.0 Å². The molecular weight excluding hydrogens is 264 g/mol. The molecule has 2 rings (SSSR count). The SMILES string of the molecule is CCCNc1nc(C)nc(Oc2cccc(C#N)c2)c1C. The number of hydrogen-bond acceptors (Lipinski definition) is 5. The fourth-order valence-electron chi connectivity index (χ4n) is 1.86. The second-order valence-corrected chi connectivity index (χ2v) is 4.72. The van der Waals surface area contributed by atoms with Crippen LogP contribution in [-0.4, -0.2) is 16.5 Å². The number of ether oxygens (including phenoxy) is 1. The van der Waals surface area contributed by atoms with Gasteiger partial charge in [0.1, 0.15) is 17.4 Å². The number of aryl methyl sites for hydroxylation is 1. The van der Waals surface area contributed by atoms with E-state index < -0.39 is 0 Å². The summed E-state index contributed by atoms with van der Waals surface area (Å²) in [5.41, 5.74) is 1.41. The lowest BCUT2D eigenvalue weighted by Gasteiger charge is -2.13. The van der Waals surface area contributed by atoms with Gasteiger partial charge in [0, 0.05) is 6.54 Å². The van der Waals surface area contributed by atoms with Gasteiger partial charge in [-0.25, -0.2) is 4.98 Å². The van der Waals surface area contributed by atoms with Crippen molar-refractivity contribution in [2.45, 2.75) is 27.2 Å². The van der Waals surface area contributed by atoms with Crippen molar-refractivity contribution in [1.82, 2.24) is 9.97 Å². The van der Waals surface area contributed by atoms with Crippen LogP contribution in [0.3, 0.4) is 0 Å². The third kappa shape index (κ3) is 3.69. The second-order valence-electron chi connectivity index (χ2n) is 4.72. The monoisotopic (exact) mass is 282 g/mol. The van der Waals surface area contributed by atoms with Crippen LogP contribution in [0, 0.1) is 25.2 Å². The summed E-state index contributed by atoms with van der Waals surface area (Å²) in [5, 5.41) is 12.2.